The first-order valence-corrected chi connectivity index (χ1v) is 11.0. The third kappa shape index (κ3) is 2.93. The van der Waals surface area contributed by atoms with Crippen molar-refractivity contribution in [3.8, 4) is 23.0 Å². The summed E-state index contributed by atoms with van der Waals surface area (Å²) in [5.74, 6) is 3.95. The fraction of sp³-hybridized carbons (Fsp3) is 0.500. The highest BCUT2D eigenvalue weighted by atomic mass is 16.5. The van der Waals surface area contributed by atoms with Crippen LogP contribution in [0.15, 0.2) is 36.4 Å². The van der Waals surface area contributed by atoms with E-state index in [-0.39, 0.29) is 22.7 Å². The van der Waals surface area contributed by atoms with Crippen LogP contribution in [0.4, 0.5) is 0 Å². The predicted octanol–water partition coefficient (Wildman–Crippen LogP) is 5.12. The molecule has 5 nitrogen and oxygen atoms in total. The SMILES string of the molecule is COc1ccc([C@@H]2C[C@]23CCC[C@@]2(C[C@H]2c2ccc(OC)c(OC)c2)C3=O)cc1OC. The van der Waals surface area contributed by atoms with E-state index in [0.717, 1.165) is 55.1 Å². The number of hydrogen-bond donors (Lipinski definition) is 0. The van der Waals surface area contributed by atoms with Gasteiger partial charge in [0.05, 0.1) is 28.4 Å². The summed E-state index contributed by atoms with van der Waals surface area (Å²) in [7, 11) is 6.60. The standard InChI is InChI=1S/C26H30O5/c1-28-20-8-6-16(12-22(20)30-3)18-14-25(18)10-5-11-26(24(25)27)15-19(26)17-7-9-21(29-2)23(13-17)31-4/h6-9,12-13,18-19H,5,10-11,14-15H2,1-4H3/t18-,19-,25-,26+/m0/s1. The summed E-state index contributed by atoms with van der Waals surface area (Å²) in [5.41, 5.74) is 1.96. The molecule has 0 unspecified atom stereocenters. The zero-order valence-electron chi connectivity index (χ0n) is 18.7. The monoisotopic (exact) mass is 422 g/mol. The van der Waals surface area contributed by atoms with E-state index in [2.05, 4.69) is 12.1 Å². The quantitative estimate of drug-likeness (QED) is 0.647. The number of ketones is 1. The minimum absolute atomic E-state index is 0.205. The Morgan fingerprint density at radius 3 is 1.48 bits per heavy atom. The molecule has 0 N–H and O–H groups in total. The average Bonchev–Trinajstić information content (AvgIpc) is 3.72. The van der Waals surface area contributed by atoms with Gasteiger partial charge in [-0.1, -0.05) is 18.6 Å². The van der Waals surface area contributed by atoms with Crippen molar-refractivity contribution in [2.75, 3.05) is 28.4 Å². The lowest BCUT2D eigenvalue weighted by Crippen LogP contribution is -2.33. The first-order chi connectivity index (χ1) is 15.0. The van der Waals surface area contributed by atoms with E-state index >= 15 is 0 Å². The molecule has 3 aliphatic rings. The molecular weight excluding hydrogens is 392 g/mol. The lowest BCUT2D eigenvalue weighted by atomic mass is 9.72. The summed E-state index contributed by atoms with van der Waals surface area (Å²) in [5, 5.41) is 0. The molecule has 3 fully saturated rings. The molecule has 2 aromatic rings. The van der Waals surface area contributed by atoms with Crippen LogP contribution in [-0.2, 0) is 4.79 Å². The number of hydrogen-bond acceptors (Lipinski definition) is 5. The van der Waals surface area contributed by atoms with Gasteiger partial charge >= 0.3 is 0 Å². The summed E-state index contributed by atoms with van der Waals surface area (Å²) in [6.45, 7) is 0. The highest BCUT2D eigenvalue weighted by Gasteiger charge is 2.72. The van der Waals surface area contributed by atoms with Crippen LogP contribution in [0.25, 0.3) is 0 Å². The number of ether oxygens (including phenoxy) is 4. The Labute approximate surface area is 183 Å². The Kier molecular flexibility index (Phi) is 4.68. The predicted molar refractivity (Wildman–Crippen MR) is 118 cm³/mol. The molecule has 0 aliphatic heterocycles. The molecule has 3 aliphatic carbocycles. The van der Waals surface area contributed by atoms with Crippen LogP contribution in [0.5, 0.6) is 23.0 Å². The number of benzene rings is 2. The molecule has 2 aromatic carbocycles. The van der Waals surface area contributed by atoms with Crippen molar-refractivity contribution < 1.29 is 23.7 Å². The van der Waals surface area contributed by atoms with Gasteiger partial charge in [0.25, 0.3) is 0 Å². The largest absolute Gasteiger partial charge is 0.493 e. The molecule has 0 bridgehead atoms. The van der Waals surface area contributed by atoms with E-state index in [1.165, 1.54) is 11.1 Å². The maximum Gasteiger partial charge on any atom is 0.160 e. The number of carbonyl (C=O) groups excluding carboxylic acids is 1. The van der Waals surface area contributed by atoms with Crippen molar-refractivity contribution in [3.63, 3.8) is 0 Å². The summed E-state index contributed by atoms with van der Waals surface area (Å²) < 4.78 is 21.7. The van der Waals surface area contributed by atoms with Gasteiger partial charge in [-0.2, -0.15) is 0 Å². The second-order valence-electron chi connectivity index (χ2n) is 9.24. The first-order valence-electron chi connectivity index (χ1n) is 11.0. The van der Waals surface area contributed by atoms with E-state index in [0.29, 0.717) is 5.78 Å². The molecule has 3 saturated carbocycles. The van der Waals surface area contributed by atoms with Crippen LogP contribution in [0.3, 0.4) is 0 Å². The maximum atomic E-state index is 13.9. The molecule has 2 spiro atoms. The van der Waals surface area contributed by atoms with Crippen LogP contribution in [0, 0.1) is 10.8 Å². The van der Waals surface area contributed by atoms with Crippen molar-refractivity contribution in [1.29, 1.82) is 0 Å². The number of rotatable bonds is 6. The molecule has 0 radical (unpaired) electrons. The molecule has 0 saturated heterocycles. The van der Waals surface area contributed by atoms with Crippen molar-refractivity contribution in [3.05, 3.63) is 47.5 Å². The van der Waals surface area contributed by atoms with Gasteiger partial charge in [0.15, 0.2) is 23.0 Å². The molecule has 0 aromatic heterocycles. The Morgan fingerprint density at radius 2 is 1.10 bits per heavy atom. The summed E-state index contributed by atoms with van der Waals surface area (Å²) in [6.07, 6.45) is 4.99. The zero-order chi connectivity index (χ0) is 21.8. The summed E-state index contributed by atoms with van der Waals surface area (Å²) in [6, 6.07) is 12.2. The van der Waals surface area contributed by atoms with Crippen molar-refractivity contribution in [2.24, 2.45) is 10.8 Å². The second kappa shape index (κ2) is 7.18. The Morgan fingerprint density at radius 1 is 0.677 bits per heavy atom. The molecule has 5 rings (SSSR count). The van der Waals surface area contributed by atoms with Gasteiger partial charge < -0.3 is 18.9 Å². The molecule has 5 heteroatoms. The third-order valence-corrected chi connectivity index (χ3v) is 7.92. The number of Topliss-reactive ketones (excluding diaryl/α,β-unsaturated/α-hetero) is 1. The van der Waals surface area contributed by atoms with Gasteiger partial charge in [-0.25, -0.2) is 0 Å². The third-order valence-electron chi connectivity index (χ3n) is 7.92. The van der Waals surface area contributed by atoms with Crippen LogP contribution in [0.1, 0.15) is 55.1 Å². The smallest absolute Gasteiger partial charge is 0.160 e. The first kappa shape index (κ1) is 20.2. The molecule has 164 valence electrons. The fourth-order valence-electron chi connectivity index (χ4n) is 6.12. The van der Waals surface area contributed by atoms with Crippen molar-refractivity contribution in [1.82, 2.24) is 0 Å². The van der Waals surface area contributed by atoms with E-state index in [1.807, 2.05) is 24.3 Å². The van der Waals surface area contributed by atoms with Crippen LogP contribution in [-0.4, -0.2) is 34.2 Å². The summed E-state index contributed by atoms with van der Waals surface area (Å²) in [4.78, 5) is 13.9. The van der Waals surface area contributed by atoms with E-state index in [4.69, 9.17) is 18.9 Å². The van der Waals surface area contributed by atoms with E-state index in [9.17, 15) is 4.79 Å². The van der Waals surface area contributed by atoms with Gasteiger partial charge in [-0.05, 0) is 72.9 Å². The molecule has 31 heavy (non-hydrogen) atoms. The number of methoxy groups -OCH3 is 4. The minimum atomic E-state index is -0.205. The molecule has 4 atom stereocenters. The van der Waals surface area contributed by atoms with Crippen molar-refractivity contribution >= 4 is 5.78 Å². The molecular formula is C26H30O5. The second-order valence-corrected chi connectivity index (χ2v) is 9.24. The van der Waals surface area contributed by atoms with Crippen LogP contribution < -0.4 is 18.9 Å². The molecule has 0 heterocycles. The lowest BCUT2D eigenvalue weighted by molar-refractivity contribution is -0.132. The van der Waals surface area contributed by atoms with Gasteiger partial charge in [-0.3, -0.25) is 4.79 Å². The Bertz CT molecular complexity index is 951. The normalized spacial score (nSPS) is 30.9. The Balaban J connectivity index is 1.40. The van der Waals surface area contributed by atoms with Crippen LogP contribution >= 0.6 is 0 Å². The zero-order valence-corrected chi connectivity index (χ0v) is 18.7. The van der Waals surface area contributed by atoms with E-state index in [1.54, 1.807) is 28.4 Å². The maximum absolute atomic E-state index is 13.9. The van der Waals surface area contributed by atoms with Gasteiger partial charge in [0.1, 0.15) is 5.78 Å². The minimum Gasteiger partial charge on any atom is -0.493 e. The fourth-order valence-corrected chi connectivity index (χ4v) is 6.12. The highest BCUT2D eigenvalue weighted by molar-refractivity contribution is 5.98. The van der Waals surface area contributed by atoms with Crippen molar-refractivity contribution in [2.45, 2.75) is 43.9 Å². The van der Waals surface area contributed by atoms with Gasteiger partial charge in [0, 0.05) is 10.8 Å². The van der Waals surface area contributed by atoms with E-state index < -0.39 is 0 Å². The molecule has 0 amide bonds. The lowest BCUT2D eigenvalue weighted by Gasteiger charge is -2.30. The highest BCUT2D eigenvalue weighted by Crippen LogP contribution is 2.75. The summed E-state index contributed by atoms with van der Waals surface area (Å²) >= 11 is 0. The van der Waals surface area contributed by atoms with Crippen LogP contribution in [0.2, 0.25) is 0 Å². The topological polar surface area (TPSA) is 54.0 Å². The average molecular weight is 423 g/mol. The van der Waals surface area contributed by atoms with Gasteiger partial charge in [-0.15, -0.1) is 0 Å². The van der Waals surface area contributed by atoms with Gasteiger partial charge in [0.2, 0.25) is 0 Å². The number of carbonyl (C=O) groups is 1. The Hall–Kier alpha value is -2.69.